The number of nitrogens with one attached hydrogen (secondary N) is 1. The maximum absolute atomic E-state index is 6.25. The molecule has 0 saturated heterocycles. The standard InChI is InChI=1S/C20H19Cl2N3O/c1-26-18-9-8-15(22)12-17(18)25-20-16(7-2-3-10-23-20)19(24-25)13-5-4-6-14(21)11-13/h4-6,8-9,11-12,23H,2-3,7,10H2,1H3. The molecule has 1 N–H and O–H groups in total. The Morgan fingerprint density at radius 2 is 1.92 bits per heavy atom. The number of aromatic nitrogens is 2. The summed E-state index contributed by atoms with van der Waals surface area (Å²) in [6.07, 6.45) is 3.20. The topological polar surface area (TPSA) is 39.1 Å². The van der Waals surface area contributed by atoms with Crippen LogP contribution in [0.3, 0.4) is 0 Å². The van der Waals surface area contributed by atoms with Crippen molar-refractivity contribution in [1.29, 1.82) is 0 Å². The first-order valence-electron chi connectivity index (χ1n) is 8.63. The summed E-state index contributed by atoms with van der Waals surface area (Å²) in [5.41, 5.74) is 3.97. The molecule has 0 amide bonds. The molecule has 0 unspecified atom stereocenters. The van der Waals surface area contributed by atoms with E-state index in [1.165, 1.54) is 5.56 Å². The van der Waals surface area contributed by atoms with Gasteiger partial charge in [-0.3, -0.25) is 0 Å². The van der Waals surface area contributed by atoms with Crippen LogP contribution in [0.15, 0.2) is 42.5 Å². The van der Waals surface area contributed by atoms with E-state index in [1.807, 2.05) is 47.1 Å². The summed E-state index contributed by atoms with van der Waals surface area (Å²) in [7, 11) is 1.65. The zero-order valence-electron chi connectivity index (χ0n) is 14.4. The van der Waals surface area contributed by atoms with Crippen LogP contribution < -0.4 is 10.1 Å². The fourth-order valence-electron chi connectivity index (χ4n) is 3.37. The summed E-state index contributed by atoms with van der Waals surface area (Å²) in [5.74, 6) is 1.72. The normalized spacial score (nSPS) is 13.7. The van der Waals surface area contributed by atoms with Crippen LogP contribution in [0.25, 0.3) is 16.9 Å². The number of methoxy groups -OCH3 is 1. The lowest BCUT2D eigenvalue weighted by atomic mass is 10.0. The quantitative estimate of drug-likeness (QED) is 0.635. The summed E-state index contributed by atoms with van der Waals surface area (Å²) in [5, 5.41) is 9.80. The van der Waals surface area contributed by atoms with Crippen LogP contribution in [0.5, 0.6) is 5.75 Å². The van der Waals surface area contributed by atoms with Gasteiger partial charge >= 0.3 is 0 Å². The molecular weight excluding hydrogens is 369 g/mol. The SMILES string of the molecule is COc1ccc(Cl)cc1-n1nc(-c2cccc(Cl)c2)c2c1NCCCC2. The highest BCUT2D eigenvalue weighted by atomic mass is 35.5. The van der Waals surface area contributed by atoms with Gasteiger partial charge < -0.3 is 10.1 Å². The molecule has 1 aromatic heterocycles. The molecule has 0 spiro atoms. The average Bonchev–Trinajstić information content (AvgIpc) is 2.82. The molecule has 2 heterocycles. The number of ether oxygens (including phenoxy) is 1. The molecule has 0 aliphatic carbocycles. The zero-order valence-corrected chi connectivity index (χ0v) is 15.9. The summed E-state index contributed by atoms with van der Waals surface area (Å²) >= 11 is 12.5. The van der Waals surface area contributed by atoms with Crippen LogP contribution in [0.4, 0.5) is 5.82 Å². The molecular formula is C20H19Cl2N3O. The molecule has 6 heteroatoms. The van der Waals surface area contributed by atoms with E-state index in [1.54, 1.807) is 7.11 Å². The Kier molecular flexibility index (Phi) is 4.79. The van der Waals surface area contributed by atoms with Crippen molar-refractivity contribution >= 4 is 29.0 Å². The number of hydrogen-bond acceptors (Lipinski definition) is 3. The number of rotatable bonds is 3. The molecule has 4 rings (SSSR count). The summed E-state index contributed by atoms with van der Waals surface area (Å²) in [6, 6.07) is 13.4. The van der Waals surface area contributed by atoms with E-state index in [4.69, 9.17) is 33.0 Å². The van der Waals surface area contributed by atoms with Crippen molar-refractivity contribution in [3.05, 3.63) is 58.1 Å². The van der Waals surface area contributed by atoms with Crippen molar-refractivity contribution < 1.29 is 4.74 Å². The fourth-order valence-corrected chi connectivity index (χ4v) is 3.73. The van der Waals surface area contributed by atoms with E-state index >= 15 is 0 Å². The minimum Gasteiger partial charge on any atom is -0.494 e. The lowest BCUT2D eigenvalue weighted by Gasteiger charge is -2.13. The number of halogens is 2. The van der Waals surface area contributed by atoms with Crippen molar-refractivity contribution in [3.63, 3.8) is 0 Å². The Morgan fingerprint density at radius 3 is 2.73 bits per heavy atom. The molecule has 1 aliphatic heterocycles. The minimum absolute atomic E-state index is 0.642. The predicted octanol–water partition coefficient (Wildman–Crippen LogP) is 5.60. The van der Waals surface area contributed by atoms with E-state index < -0.39 is 0 Å². The molecule has 0 atom stereocenters. The van der Waals surface area contributed by atoms with Crippen molar-refractivity contribution in [3.8, 4) is 22.7 Å². The third kappa shape index (κ3) is 3.15. The monoisotopic (exact) mass is 387 g/mol. The van der Waals surface area contributed by atoms with Gasteiger partial charge in [0.25, 0.3) is 0 Å². The molecule has 4 nitrogen and oxygen atoms in total. The minimum atomic E-state index is 0.642. The van der Waals surface area contributed by atoms with E-state index in [0.717, 1.165) is 54.3 Å². The maximum atomic E-state index is 6.25. The highest BCUT2D eigenvalue weighted by molar-refractivity contribution is 6.31. The molecule has 0 radical (unpaired) electrons. The molecule has 3 aromatic rings. The van der Waals surface area contributed by atoms with Gasteiger partial charge in [0.15, 0.2) is 0 Å². The summed E-state index contributed by atoms with van der Waals surface area (Å²) in [4.78, 5) is 0. The number of benzene rings is 2. The lowest BCUT2D eigenvalue weighted by molar-refractivity contribution is 0.412. The summed E-state index contributed by atoms with van der Waals surface area (Å²) in [6.45, 7) is 0.913. The van der Waals surface area contributed by atoms with Crippen LogP contribution in [0, 0.1) is 0 Å². The Bertz CT molecular complexity index is 952. The molecule has 1 aliphatic rings. The second-order valence-corrected chi connectivity index (χ2v) is 7.17. The molecule has 2 aromatic carbocycles. The van der Waals surface area contributed by atoms with E-state index in [9.17, 15) is 0 Å². The third-order valence-corrected chi connectivity index (χ3v) is 5.07. The van der Waals surface area contributed by atoms with Gasteiger partial charge in [-0.15, -0.1) is 0 Å². The third-order valence-electron chi connectivity index (χ3n) is 4.60. The smallest absolute Gasteiger partial charge is 0.144 e. The van der Waals surface area contributed by atoms with Crippen LogP contribution >= 0.6 is 23.2 Å². The van der Waals surface area contributed by atoms with Crippen LogP contribution in [0.2, 0.25) is 10.0 Å². The Balaban J connectivity index is 1.95. The Labute approximate surface area is 162 Å². The second kappa shape index (κ2) is 7.22. The molecule has 0 bridgehead atoms. The van der Waals surface area contributed by atoms with Crippen molar-refractivity contribution in [2.24, 2.45) is 0 Å². The van der Waals surface area contributed by atoms with E-state index in [2.05, 4.69) is 5.32 Å². The Morgan fingerprint density at radius 1 is 1.08 bits per heavy atom. The van der Waals surface area contributed by atoms with Crippen LogP contribution in [-0.2, 0) is 6.42 Å². The van der Waals surface area contributed by atoms with Gasteiger partial charge in [-0.25, -0.2) is 4.68 Å². The fraction of sp³-hybridized carbons (Fsp3) is 0.250. The number of anilines is 1. The van der Waals surface area contributed by atoms with Gasteiger partial charge in [0.1, 0.15) is 17.3 Å². The molecule has 0 saturated carbocycles. The zero-order chi connectivity index (χ0) is 18.1. The Hall–Kier alpha value is -2.17. The van der Waals surface area contributed by atoms with Gasteiger partial charge in [-0.1, -0.05) is 35.3 Å². The van der Waals surface area contributed by atoms with Crippen molar-refractivity contribution in [2.45, 2.75) is 19.3 Å². The molecule has 26 heavy (non-hydrogen) atoms. The van der Waals surface area contributed by atoms with Gasteiger partial charge in [0, 0.05) is 27.7 Å². The first-order chi connectivity index (χ1) is 12.7. The number of fused-ring (bicyclic) bond motifs is 1. The summed E-state index contributed by atoms with van der Waals surface area (Å²) < 4.78 is 7.45. The van der Waals surface area contributed by atoms with E-state index in [0.29, 0.717) is 10.0 Å². The average molecular weight is 388 g/mol. The molecule has 0 fully saturated rings. The van der Waals surface area contributed by atoms with Gasteiger partial charge in [0.05, 0.1) is 12.8 Å². The van der Waals surface area contributed by atoms with Crippen LogP contribution in [-0.4, -0.2) is 23.4 Å². The highest BCUT2D eigenvalue weighted by Gasteiger charge is 2.23. The highest BCUT2D eigenvalue weighted by Crippen LogP contribution is 2.37. The maximum Gasteiger partial charge on any atom is 0.144 e. The van der Waals surface area contributed by atoms with Crippen molar-refractivity contribution in [1.82, 2.24) is 9.78 Å². The van der Waals surface area contributed by atoms with Gasteiger partial charge in [-0.05, 0) is 49.6 Å². The van der Waals surface area contributed by atoms with Crippen molar-refractivity contribution in [2.75, 3.05) is 19.0 Å². The second-order valence-electron chi connectivity index (χ2n) is 6.30. The van der Waals surface area contributed by atoms with Crippen LogP contribution in [0.1, 0.15) is 18.4 Å². The van der Waals surface area contributed by atoms with Gasteiger partial charge in [0.2, 0.25) is 0 Å². The first kappa shape index (κ1) is 17.3. The number of hydrogen-bond donors (Lipinski definition) is 1. The van der Waals surface area contributed by atoms with Gasteiger partial charge in [-0.2, -0.15) is 5.10 Å². The lowest BCUT2D eigenvalue weighted by Crippen LogP contribution is -2.08. The number of nitrogens with zero attached hydrogens (tertiary/aromatic N) is 2. The van der Waals surface area contributed by atoms with E-state index in [-0.39, 0.29) is 0 Å². The predicted molar refractivity (Wildman–Crippen MR) is 107 cm³/mol. The first-order valence-corrected chi connectivity index (χ1v) is 9.38. The largest absolute Gasteiger partial charge is 0.494 e. The molecule has 134 valence electrons.